The largest absolute Gasteiger partial charge is 0.267 e. The minimum absolute atomic E-state index is 0.135. The van der Waals surface area contributed by atoms with E-state index in [1.807, 2.05) is 31.2 Å². The van der Waals surface area contributed by atoms with E-state index in [1.54, 1.807) is 6.20 Å². The maximum absolute atomic E-state index is 11.3. The van der Waals surface area contributed by atoms with Gasteiger partial charge < -0.3 is 0 Å². The lowest BCUT2D eigenvalue weighted by Gasteiger charge is -1.99. The van der Waals surface area contributed by atoms with Crippen molar-refractivity contribution >= 4 is 26.3 Å². The van der Waals surface area contributed by atoms with Gasteiger partial charge in [0.15, 0.2) is 0 Å². The van der Waals surface area contributed by atoms with Gasteiger partial charge in [-0.2, -0.15) is 0 Å². The zero-order chi connectivity index (χ0) is 13.6. The molecule has 0 atom stereocenters. The Morgan fingerprint density at radius 3 is 2.58 bits per heavy atom. The number of nitrogens with zero attached hydrogens (tertiary/aromatic N) is 3. The first-order chi connectivity index (χ1) is 8.95. The van der Waals surface area contributed by atoms with Crippen molar-refractivity contribution in [2.75, 3.05) is 0 Å². The van der Waals surface area contributed by atoms with Gasteiger partial charge in [-0.3, -0.25) is 0 Å². The number of fused-ring (bicyclic) bond motifs is 1. The SMILES string of the molecule is Cc1ccc(-c2cnc3sc(S(N)(=O)=O)nn23)cc1. The van der Waals surface area contributed by atoms with Gasteiger partial charge in [0.2, 0.25) is 9.30 Å². The summed E-state index contributed by atoms with van der Waals surface area (Å²) in [6.07, 6.45) is 1.66. The Morgan fingerprint density at radius 1 is 1.26 bits per heavy atom. The molecule has 19 heavy (non-hydrogen) atoms. The Labute approximate surface area is 113 Å². The molecule has 0 radical (unpaired) electrons. The summed E-state index contributed by atoms with van der Waals surface area (Å²) in [5.74, 6) is 0. The summed E-state index contributed by atoms with van der Waals surface area (Å²) in [7, 11) is -3.79. The minimum Gasteiger partial charge on any atom is -0.225 e. The van der Waals surface area contributed by atoms with Crippen molar-refractivity contribution in [3.05, 3.63) is 36.0 Å². The molecule has 0 spiro atoms. The summed E-state index contributed by atoms with van der Waals surface area (Å²) in [4.78, 5) is 4.65. The second-order valence-corrected chi connectivity index (χ2v) is 6.81. The van der Waals surface area contributed by atoms with Crippen LogP contribution in [0.15, 0.2) is 34.8 Å². The van der Waals surface area contributed by atoms with Gasteiger partial charge in [-0.25, -0.2) is 23.1 Å². The van der Waals surface area contributed by atoms with Crippen LogP contribution < -0.4 is 5.14 Å². The van der Waals surface area contributed by atoms with E-state index in [9.17, 15) is 8.42 Å². The first kappa shape index (κ1) is 12.3. The number of nitrogens with two attached hydrogens (primary N) is 1. The van der Waals surface area contributed by atoms with Crippen molar-refractivity contribution in [1.82, 2.24) is 14.6 Å². The molecule has 0 bridgehead atoms. The highest BCUT2D eigenvalue weighted by molar-refractivity contribution is 7.91. The molecule has 6 nitrogen and oxygen atoms in total. The molecule has 3 aromatic rings. The monoisotopic (exact) mass is 294 g/mol. The van der Waals surface area contributed by atoms with Crippen LogP contribution in [0.5, 0.6) is 0 Å². The van der Waals surface area contributed by atoms with E-state index in [2.05, 4.69) is 10.1 Å². The topological polar surface area (TPSA) is 90.3 Å². The quantitative estimate of drug-likeness (QED) is 0.773. The van der Waals surface area contributed by atoms with Gasteiger partial charge in [0.25, 0.3) is 10.0 Å². The lowest BCUT2D eigenvalue weighted by atomic mass is 10.1. The summed E-state index contributed by atoms with van der Waals surface area (Å²) in [6, 6.07) is 7.83. The molecule has 0 unspecified atom stereocenters. The number of aryl methyl sites for hydroxylation is 1. The zero-order valence-electron chi connectivity index (χ0n) is 9.94. The zero-order valence-corrected chi connectivity index (χ0v) is 11.6. The summed E-state index contributed by atoms with van der Waals surface area (Å²) < 4.78 is 23.9. The molecule has 0 fully saturated rings. The Balaban J connectivity index is 2.20. The molecule has 3 rings (SSSR count). The lowest BCUT2D eigenvalue weighted by molar-refractivity contribution is 0.595. The number of aromatic nitrogens is 3. The molecular weight excluding hydrogens is 284 g/mol. The van der Waals surface area contributed by atoms with Gasteiger partial charge in [0.1, 0.15) is 0 Å². The molecule has 0 saturated carbocycles. The molecule has 98 valence electrons. The Kier molecular flexibility index (Phi) is 2.66. The molecule has 0 aliphatic rings. The van der Waals surface area contributed by atoms with Crippen molar-refractivity contribution < 1.29 is 8.42 Å². The van der Waals surface area contributed by atoms with Gasteiger partial charge in [-0.15, -0.1) is 5.10 Å². The van der Waals surface area contributed by atoms with Crippen LogP contribution >= 0.6 is 11.3 Å². The number of hydrogen-bond acceptors (Lipinski definition) is 5. The summed E-state index contributed by atoms with van der Waals surface area (Å²) in [5, 5.41) is 9.07. The van der Waals surface area contributed by atoms with Crippen molar-refractivity contribution in [1.29, 1.82) is 0 Å². The van der Waals surface area contributed by atoms with E-state index in [4.69, 9.17) is 5.14 Å². The third kappa shape index (κ3) is 2.14. The fourth-order valence-electron chi connectivity index (χ4n) is 1.71. The maximum atomic E-state index is 11.3. The summed E-state index contributed by atoms with van der Waals surface area (Å²) in [6.45, 7) is 2.00. The summed E-state index contributed by atoms with van der Waals surface area (Å²) in [5.41, 5.74) is 2.80. The third-order valence-electron chi connectivity index (χ3n) is 2.66. The Bertz CT molecular complexity index is 847. The highest BCUT2D eigenvalue weighted by Crippen LogP contribution is 2.25. The van der Waals surface area contributed by atoms with Gasteiger partial charge in [0, 0.05) is 5.56 Å². The highest BCUT2D eigenvalue weighted by atomic mass is 32.2. The predicted octanol–water partition coefficient (Wildman–Crippen LogP) is 1.41. The minimum atomic E-state index is -3.79. The average molecular weight is 294 g/mol. The highest BCUT2D eigenvalue weighted by Gasteiger charge is 2.18. The summed E-state index contributed by atoms with van der Waals surface area (Å²) >= 11 is 0.951. The van der Waals surface area contributed by atoms with E-state index in [-0.39, 0.29) is 4.34 Å². The van der Waals surface area contributed by atoms with Gasteiger partial charge >= 0.3 is 0 Å². The Hall–Kier alpha value is -1.77. The molecule has 2 N–H and O–H groups in total. The fraction of sp³-hybridized carbons (Fsp3) is 0.0909. The van der Waals surface area contributed by atoms with Crippen LogP contribution in [-0.4, -0.2) is 23.0 Å². The number of rotatable bonds is 2. The van der Waals surface area contributed by atoms with Gasteiger partial charge in [0.05, 0.1) is 11.9 Å². The second-order valence-electron chi connectivity index (χ2n) is 4.12. The number of benzene rings is 1. The van der Waals surface area contributed by atoms with Crippen molar-refractivity contribution in [3.8, 4) is 11.3 Å². The first-order valence-corrected chi connectivity index (χ1v) is 7.76. The fourth-order valence-corrected chi connectivity index (χ4v) is 3.20. The lowest BCUT2D eigenvalue weighted by Crippen LogP contribution is -2.12. The van der Waals surface area contributed by atoms with Gasteiger partial charge in [-0.1, -0.05) is 41.2 Å². The van der Waals surface area contributed by atoms with Crippen LogP contribution in [0, 0.1) is 6.92 Å². The van der Waals surface area contributed by atoms with Crippen LogP contribution in [0.1, 0.15) is 5.56 Å². The average Bonchev–Trinajstić information content (AvgIpc) is 2.89. The van der Waals surface area contributed by atoms with E-state index >= 15 is 0 Å². The van der Waals surface area contributed by atoms with Crippen molar-refractivity contribution in [2.45, 2.75) is 11.3 Å². The van der Waals surface area contributed by atoms with Crippen LogP contribution in [0.2, 0.25) is 0 Å². The van der Waals surface area contributed by atoms with Crippen molar-refractivity contribution in [3.63, 3.8) is 0 Å². The number of imidazole rings is 1. The van der Waals surface area contributed by atoms with E-state index in [0.29, 0.717) is 4.96 Å². The molecule has 2 heterocycles. The van der Waals surface area contributed by atoms with E-state index < -0.39 is 10.0 Å². The molecule has 0 aliphatic heterocycles. The number of sulfonamides is 1. The molecule has 8 heteroatoms. The molecule has 0 saturated heterocycles. The smallest absolute Gasteiger partial charge is 0.225 e. The van der Waals surface area contributed by atoms with Crippen LogP contribution in [0.4, 0.5) is 0 Å². The van der Waals surface area contributed by atoms with E-state index in [0.717, 1.165) is 28.2 Å². The molecule has 2 aromatic heterocycles. The first-order valence-electron chi connectivity index (χ1n) is 5.39. The van der Waals surface area contributed by atoms with E-state index in [1.165, 1.54) is 4.52 Å². The molecule has 0 aliphatic carbocycles. The maximum Gasteiger partial charge on any atom is 0.267 e. The normalized spacial score (nSPS) is 12.1. The van der Waals surface area contributed by atoms with Crippen LogP contribution in [-0.2, 0) is 10.0 Å². The third-order valence-corrected chi connectivity index (χ3v) is 4.89. The molecule has 1 aromatic carbocycles. The standard InChI is InChI=1S/C11H10N4O2S2/c1-7-2-4-8(5-3-7)9-6-13-10-15(9)14-11(18-10)19(12,16)17/h2-6H,1H3,(H2,12,16,17). The van der Waals surface area contributed by atoms with Crippen LogP contribution in [0.25, 0.3) is 16.2 Å². The second kappa shape index (κ2) is 4.12. The predicted molar refractivity (Wildman–Crippen MR) is 72.4 cm³/mol. The number of primary sulfonamides is 1. The van der Waals surface area contributed by atoms with Crippen molar-refractivity contribution in [2.24, 2.45) is 5.14 Å². The number of hydrogen-bond donors (Lipinski definition) is 1. The van der Waals surface area contributed by atoms with Gasteiger partial charge in [-0.05, 0) is 6.92 Å². The Morgan fingerprint density at radius 2 is 1.95 bits per heavy atom. The molecular formula is C11H10N4O2S2. The van der Waals surface area contributed by atoms with Crippen LogP contribution in [0.3, 0.4) is 0 Å². The molecule has 0 amide bonds.